The molecule has 2 heterocycles. The lowest BCUT2D eigenvalue weighted by Gasteiger charge is -2.66. The van der Waals surface area contributed by atoms with E-state index in [0.29, 0.717) is 0 Å². The molecule has 3 fully saturated rings. The number of hydrogen-bond acceptors (Lipinski definition) is 3. The molecule has 1 amide bonds. The highest BCUT2D eigenvalue weighted by atomic mass is 16.5. The molecule has 0 N–H and O–H groups in total. The van der Waals surface area contributed by atoms with Crippen LogP contribution in [0.3, 0.4) is 0 Å². The van der Waals surface area contributed by atoms with Crippen LogP contribution < -0.4 is 4.74 Å². The number of ether oxygens (including phenoxy) is 2. The molecule has 4 nitrogen and oxygen atoms in total. The monoisotopic (exact) mass is 343 g/mol. The minimum absolute atomic E-state index is 0.00391. The normalized spacial score (nSPS) is 29.8. The molecular weight excluding hydrogens is 314 g/mol. The van der Waals surface area contributed by atoms with Gasteiger partial charge in [-0.2, -0.15) is 0 Å². The predicted molar refractivity (Wildman–Crippen MR) is 96.3 cm³/mol. The number of β-lactam (4-membered cyclic amide) rings is 1. The molecule has 4 heteroatoms. The van der Waals surface area contributed by atoms with Gasteiger partial charge in [-0.3, -0.25) is 4.79 Å². The summed E-state index contributed by atoms with van der Waals surface area (Å²) in [6.45, 7) is 5.17. The SMILES string of the molecule is CCC1(CC)COC2(CCCCC2)N2C(=O)[C@@H](Oc3ccccc3)[C@@H]21. The minimum atomic E-state index is -0.371. The van der Waals surface area contributed by atoms with Crippen LogP contribution in [0.4, 0.5) is 0 Å². The van der Waals surface area contributed by atoms with E-state index in [9.17, 15) is 4.79 Å². The zero-order valence-electron chi connectivity index (χ0n) is 15.4. The van der Waals surface area contributed by atoms with Crippen LogP contribution in [0.5, 0.6) is 5.75 Å². The van der Waals surface area contributed by atoms with Gasteiger partial charge in [-0.05, 0) is 50.7 Å². The standard InChI is InChI=1S/C21H29NO3/c1-3-20(4-2)15-24-21(13-9-6-10-14-21)22-18(20)17(19(22)23)25-16-11-7-5-8-12-16/h5,7-8,11-12,17-18H,3-4,6,9-10,13-15H2,1-2H3/t17-,18+/m0/s1. The maximum Gasteiger partial charge on any atom is 0.268 e. The maximum absolute atomic E-state index is 13.1. The van der Waals surface area contributed by atoms with Crippen molar-refractivity contribution in [1.82, 2.24) is 4.90 Å². The number of rotatable bonds is 4. The number of nitrogens with zero attached hydrogens (tertiary/aromatic N) is 1. The van der Waals surface area contributed by atoms with Gasteiger partial charge in [-0.25, -0.2) is 0 Å². The molecule has 1 saturated carbocycles. The zero-order chi connectivity index (χ0) is 17.5. The van der Waals surface area contributed by atoms with Gasteiger partial charge in [-0.1, -0.05) is 38.5 Å². The average Bonchev–Trinajstić information content (AvgIpc) is 2.67. The van der Waals surface area contributed by atoms with E-state index in [4.69, 9.17) is 9.47 Å². The molecule has 1 aliphatic carbocycles. The van der Waals surface area contributed by atoms with Crippen molar-refractivity contribution in [1.29, 1.82) is 0 Å². The summed E-state index contributed by atoms with van der Waals surface area (Å²) in [7, 11) is 0. The van der Waals surface area contributed by atoms with Crippen LogP contribution in [-0.4, -0.2) is 35.3 Å². The van der Waals surface area contributed by atoms with Crippen LogP contribution >= 0.6 is 0 Å². The summed E-state index contributed by atoms with van der Waals surface area (Å²) < 4.78 is 12.6. The van der Waals surface area contributed by atoms with Gasteiger partial charge in [0, 0.05) is 5.41 Å². The summed E-state index contributed by atoms with van der Waals surface area (Å²) in [5.74, 6) is 0.896. The molecule has 0 aromatic heterocycles. The van der Waals surface area contributed by atoms with Crippen LogP contribution in [0.2, 0.25) is 0 Å². The quantitative estimate of drug-likeness (QED) is 0.771. The number of carbonyl (C=O) groups is 1. The van der Waals surface area contributed by atoms with Crippen LogP contribution in [-0.2, 0) is 9.53 Å². The number of hydrogen-bond donors (Lipinski definition) is 0. The fourth-order valence-electron chi connectivity index (χ4n) is 5.07. The fourth-order valence-corrected chi connectivity index (χ4v) is 5.07. The average molecular weight is 343 g/mol. The van der Waals surface area contributed by atoms with E-state index in [1.165, 1.54) is 6.42 Å². The van der Waals surface area contributed by atoms with Gasteiger partial charge >= 0.3 is 0 Å². The molecule has 136 valence electrons. The van der Waals surface area contributed by atoms with Crippen molar-refractivity contribution < 1.29 is 14.3 Å². The summed E-state index contributed by atoms with van der Waals surface area (Å²) in [5, 5.41) is 0. The number of para-hydroxylation sites is 1. The van der Waals surface area contributed by atoms with Crippen molar-refractivity contribution in [2.75, 3.05) is 6.61 Å². The first-order chi connectivity index (χ1) is 12.2. The van der Waals surface area contributed by atoms with Crippen molar-refractivity contribution in [3.63, 3.8) is 0 Å². The molecule has 1 aromatic rings. The van der Waals surface area contributed by atoms with Gasteiger partial charge in [-0.15, -0.1) is 0 Å². The van der Waals surface area contributed by atoms with Crippen molar-refractivity contribution >= 4 is 5.91 Å². The lowest BCUT2D eigenvalue weighted by molar-refractivity contribution is -0.299. The third kappa shape index (κ3) is 2.49. The van der Waals surface area contributed by atoms with E-state index in [1.807, 2.05) is 30.3 Å². The van der Waals surface area contributed by atoms with Gasteiger partial charge in [0.2, 0.25) is 0 Å². The largest absolute Gasteiger partial charge is 0.478 e. The van der Waals surface area contributed by atoms with Gasteiger partial charge < -0.3 is 14.4 Å². The van der Waals surface area contributed by atoms with E-state index in [-0.39, 0.29) is 29.2 Å². The minimum Gasteiger partial charge on any atom is -0.478 e. The molecule has 2 aliphatic heterocycles. The number of fused-ring (bicyclic) bond motifs is 2. The number of amides is 1. The Morgan fingerprint density at radius 3 is 2.44 bits per heavy atom. The highest BCUT2D eigenvalue weighted by Gasteiger charge is 2.67. The van der Waals surface area contributed by atoms with Gasteiger partial charge in [0.15, 0.2) is 6.10 Å². The summed E-state index contributed by atoms with van der Waals surface area (Å²) in [6.07, 6.45) is 7.11. The topological polar surface area (TPSA) is 38.8 Å². The first-order valence-electron chi connectivity index (χ1n) is 9.85. The highest BCUT2D eigenvalue weighted by molar-refractivity contribution is 5.90. The van der Waals surface area contributed by atoms with Crippen molar-refractivity contribution in [2.45, 2.75) is 76.7 Å². The maximum atomic E-state index is 13.1. The molecular formula is C21H29NO3. The smallest absolute Gasteiger partial charge is 0.268 e. The third-order valence-corrected chi connectivity index (χ3v) is 6.79. The summed E-state index contributed by atoms with van der Waals surface area (Å²) in [4.78, 5) is 15.2. The van der Waals surface area contributed by atoms with Crippen LogP contribution in [0.15, 0.2) is 30.3 Å². The Labute approximate surface area is 150 Å². The number of benzene rings is 1. The summed E-state index contributed by atoms with van der Waals surface area (Å²) in [6, 6.07) is 9.87. The molecule has 4 rings (SSSR count). The first kappa shape index (κ1) is 16.9. The molecule has 25 heavy (non-hydrogen) atoms. The Morgan fingerprint density at radius 2 is 1.80 bits per heavy atom. The molecule has 2 atom stereocenters. The van der Waals surface area contributed by atoms with Gasteiger partial charge in [0.05, 0.1) is 12.6 Å². The van der Waals surface area contributed by atoms with Gasteiger partial charge in [0.1, 0.15) is 11.5 Å². The molecule has 1 aromatic carbocycles. The molecule has 0 radical (unpaired) electrons. The van der Waals surface area contributed by atoms with Crippen LogP contribution in [0.1, 0.15) is 58.8 Å². The Morgan fingerprint density at radius 1 is 1.12 bits per heavy atom. The molecule has 0 bridgehead atoms. The molecule has 0 unspecified atom stereocenters. The van der Waals surface area contributed by atoms with Gasteiger partial charge in [0.25, 0.3) is 5.91 Å². The second-order valence-electron chi connectivity index (χ2n) is 7.87. The summed E-state index contributed by atoms with van der Waals surface area (Å²) >= 11 is 0. The van der Waals surface area contributed by atoms with E-state index < -0.39 is 0 Å². The Bertz CT molecular complexity index is 619. The summed E-state index contributed by atoms with van der Waals surface area (Å²) in [5.41, 5.74) is -0.375. The fraction of sp³-hybridized carbons (Fsp3) is 0.667. The number of carbonyl (C=O) groups excluding carboxylic acids is 1. The van der Waals surface area contributed by atoms with Crippen molar-refractivity contribution in [3.8, 4) is 5.75 Å². The third-order valence-electron chi connectivity index (χ3n) is 6.79. The lowest BCUT2D eigenvalue weighted by Crippen LogP contribution is -2.82. The second-order valence-corrected chi connectivity index (χ2v) is 7.87. The Balaban J connectivity index is 1.65. The Hall–Kier alpha value is -1.55. The molecule has 2 saturated heterocycles. The molecule has 1 spiro atoms. The Kier molecular flexibility index (Phi) is 4.27. The van der Waals surface area contributed by atoms with E-state index in [1.54, 1.807) is 0 Å². The van der Waals surface area contributed by atoms with E-state index in [0.717, 1.165) is 50.9 Å². The van der Waals surface area contributed by atoms with E-state index in [2.05, 4.69) is 18.7 Å². The first-order valence-corrected chi connectivity index (χ1v) is 9.85. The van der Waals surface area contributed by atoms with Crippen molar-refractivity contribution in [3.05, 3.63) is 30.3 Å². The highest BCUT2D eigenvalue weighted by Crippen LogP contribution is 2.53. The zero-order valence-corrected chi connectivity index (χ0v) is 15.4. The molecule has 3 aliphatic rings. The van der Waals surface area contributed by atoms with E-state index >= 15 is 0 Å². The van der Waals surface area contributed by atoms with Crippen molar-refractivity contribution in [2.24, 2.45) is 5.41 Å². The second kappa shape index (κ2) is 6.31. The lowest BCUT2D eigenvalue weighted by atomic mass is 9.65. The van der Waals surface area contributed by atoms with Crippen LogP contribution in [0, 0.1) is 5.41 Å². The predicted octanol–water partition coefficient (Wildman–Crippen LogP) is 4.14. The van der Waals surface area contributed by atoms with Crippen LogP contribution in [0.25, 0.3) is 0 Å².